The largest absolute Gasteiger partial charge is 0.391 e. The van der Waals surface area contributed by atoms with Crippen LogP contribution in [0.1, 0.15) is 18.7 Å². The molecule has 140 valence electrons. The fraction of sp³-hybridized carbons (Fsp3) is 0.750. The highest BCUT2D eigenvalue weighted by Crippen LogP contribution is 2.23. The summed E-state index contributed by atoms with van der Waals surface area (Å²) < 4.78 is 23.7. The summed E-state index contributed by atoms with van der Waals surface area (Å²) in [5.41, 5.74) is 0. The van der Waals surface area contributed by atoms with Crippen LogP contribution in [0.15, 0.2) is 12.1 Å². The zero-order chi connectivity index (χ0) is 17.8. The first kappa shape index (κ1) is 22.0. The predicted molar refractivity (Wildman–Crippen MR) is 102 cm³/mol. The molecule has 0 radical (unpaired) electrons. The Morgan fingerprint density at radius 3 is 2.08 bits per heavy atom. The van der Waals surface area contributed by atoms with Crippen molar-refractivity contribution < 1.29 is 18.3 Å². The molecule has 0 spiro atoms. The summed E-state index contributed by atoms with van der Waals surface area (Å²) in [6, 6.07) is 4.00. The van der Waals surface area contributed by atoms with Crippen molar-refractivity contribution >= 4 is 31.5 Å². The molecule has 5 nitrogen and oxygen atoms in total. The second-order valence-corrected chi connectivity index (χ2v) is 10.6. The van der Waals surface area contributed by atoms with Gasteiger partial charge in [-0.3, -0.25) is 4.90 Å². The van der Waals surface area contributed by atoms with E-state index < -0.39 is 8.56 Å². The minimum Gasteiger partial charge on any atom is -0.391 e. The summed E-state index contributed by atoms with van der Waals surface area (Å²) >= 11 is 7.61. The third kappa shape index (κ3) is 9.48. The van der Waals surface area contributed by atoms with Gasteiger partial charge in [0.1, 0.15) is 0 Å². The third-order valence-corrected chi connectivity index (χ3v) is 7.25. The van der Waals surface area contributed by atoms with Crippen LogP contribution in [0.5, 0.6) is 0 Å². The molecule has 0 saturated heterocycles. The fourth-order valence-electron chi connectivity index (χ4n) is 2.30. The second-order valence-electron chi connectivity index (χ2n) is 5.60. The molecular weight excluding hydrogens is 366 g/mol. The Labute approximate surface area is 156 Å². The maximum atomic E-state index is 6.10. The van der Waals surface area contributed by atoms with Crippen molar-refractivity contribution in [1.29, 1.82) is 0 Å². The molecule has 0 fully saturated rings. The molecular formula is C16H30ClNO4SSi. The summed E-state index contributed by atoms with van der Waals surface area (Å²) in [5.74, 6) is 0. The van der Waals surface area contributed by atoms with Gasteiger partial charge < -0.3 is 18.3 Å². The lowest BCUT2D eigenvalue weighted by Crippen LogP contribution is -2.50. The summed E-state index contributed by atoms with van der Waals surface area (Å²) in [6.45, 7) is 10.6. The van der Waals surface area contributed by atoms with E-state index >= 15 is 0 Å². The Bertz CT molecular complexity index is 437. The van der Waals surface area contributed by atoms with Crippen LogP contribution < -0.4 is 0 Å². The summed E-state index contributed by atoms with van der Waals surface area (Å²) in [5, 5.41) is 0. The maximum absolute atomic E-state index is 6.10. The average molecular weight is 396 g/mol. The molecule has 0 saturated carbocycles. The van der Waals surface area contributed by atoms with Gasteiger partial charge in [-0.15, -0.1) is 11.3 Å². The first-order chi connectivity index (χ1) is 11.5. The van der Waals surface area contributed by atoms with E-state index in [1.165, 1.54) is 4.88 Å². The standard InChI is InChI=1S/C16H30ClNO4SSi/c1-5-19-9-11-21-24(4,22-12-10-20-6-2)14-18(3)13-15-7-8-16(17)23-15/h7-8H,5-6,9-14H2,1-4H3. The van der Waals surface area contributed by atoms with Crippen molar-refractivity contribution in [1.82, 2.24) is 4.90 Å². The Hall–Kier alpha value is 0.00688. The maximum Gasteiger partial charge on any atom is 0.349 e. The normalized spacial score (nSPS) is 12.2. The first-order valence-electron chi connectivity index (χ1n) is 8.35. The van der Waals surface area contributed by atoms with Gasteiger partial charge in [0.05, 0.1) is 30.8 Å². The quantitative estimate of drug-likeness (QED) is 0.356. The summed E-state index contributed by atoms with van der Waals surface area (Å²) in [4.78, 5) is 3.47. The van der Waals surface area contributed by atoms with Crippen LogP contribution in [-0.2, 0) is 24.9 Å². The highest BCUT2D eigenvalue weighted by Gasteiger charge is 2.33. The molecule has 0 aliphatic rings. The number of thiophene rings is 1. The number of rotatable bonds is 14. The van der Waals surface area contributed by atoms with E-state index in [0.717, 1.165) is 17.0 Å². The smallest absolute Gasteiger partial charge is 0.349 e. The molecule has 0 atom stereocenters. The van der Waals surface area contributed by atoms with Gasteiger partial charge in [0, 0.05) is 30.8 Å². The van der Waals surface area contributed by atoms with Crippen LogP contribution in [-0.4, -0.2) is 66.3 Å². The van der Waals surface area contributed by atoms with E-state index in [2.05, 4.69) is 24.6 Å². The van der Waals surface area contributed by atoms with E-state index in [1.54, 1.807) is 11.3 Å². The Balaban J connectivity index is 2.50. The van der Waals surface area contributed by atoms with Crippen LogP contribution in [0.25, 0.3) is 0 Å². The number of nitrogens with zero attached hydrogens (tertiary/aromatic N) is 1. The van der Waals surface area contributed by atoms with Gasteiger partial charge in [0.2, 0.25) is 0 Å². The molecule has 0 aliphatic heterocycles. The van der Waals surface area contributed by atoms with Gasteiger partial charge in [-0.25, -0.2) is 0 Å². The molecule has 0 amide bonds. The van der Waals surface area contributed by atoms with E-state index in [0.29, 0.717) is 39.6 Å². The van der Waals surface area contributed by atoms with Gasteiger partial charge in [-0.05, 0) is 39.6 Å². The summed E-state index contributed by atoms with van der Waals surface area (Å²) in [7, 11) is -0.242. The van der Waals surface area contributed by atoms with Gasteiger partial charge in [-0.1, -0.05) is 11.6 Å². The van der Waals surface area contributed by atoms with E-state index in [-0.39, 0.29) is 0 Å². The molecule has 0 unspecified atom stereocenters. The van der Waals surface area contributed by atoms with Gasteiger partial charge >= 0.3 is 8.56 Å². The second kappa shape index (κ2) is 12.4. The SMILES string of the molecule is CCOCCO[Si](C)(CN(C)Cc1ccc(Cl)s1)OCCOCC. The van der Waals surface area contributed by atoms with Crippen molar-refractivity contribution in [3.8, 4) is 0 Å². The number of halogens is 1. The van der Waals surface area contributed by atoms with Crippen LogP contribution in [0.3, 0.4) is 0 Å². The molecule has 1 aromatic heterocycles. The van der Waals surface area contributed by atoms with E-state index in [1.807, 2.05) is 19.9 Å². The topological polar surface area (TPSA) is 40.2 Å². The zero-order valence-corrected chi connectivity index (χ0v) is 17.8. The van der Waals surface area contributed by atoms with Crippen molar-refractivity contribution in [3.63, 3.8) is 0 Å². The van der Waals surface area contributed by atoms with Crippen LogP contribution in [0.2, 0.25) is 10.9 Å². The fourth-order valence-corrected chi connectivity index (χ4v) is 5.86. The number of hydrogen-bond donors (Lipinski definition) is 0. The highest BCUT2D eigenvalue weighted by molar-refractivity contribution is 7.16. The monoisotopic (exact) mass is 395 g/mol. The first-order valence-corrected chi connectivity index (χ1v) is 12.1. The predicted octanol–water partition coefficient (Wildman–Crippen LogP) is 3.55. The lowest BCUT2D eigenvalue weighted by molar-refractivity contribution is 0.0623. The molecule has 1 aromatic rings. The molecule has 24 heavy (non-hydrogen) atoms. The van der Waals surface area contributed by atoms with E-state index in [9.17, 15) is 0 Å². The van der Waals surface area contributed by atoms with Crippen molar-refractivity contribution in [2.45, 2.75) is 26.9 Å². The Morgan fingerprint density at radius 2 is 1.62 bits per heavy atom. The molecule has 0 N–H and O–H groups in total. The number of hydrogen-bond acceptors (Lipinski definition) is 6. The Kier molecular flexibility index (Phi) is 11.4. The molecule has 1 heterocycles. The molecule has 8 heteroatoms. The molecule has 1 rings (SSSR count). The van der Waals surface area contributed by atoms with Gasteiger partial charge in [0.25, 0.3) is 0 Å². The van der Waals surface area contributed by atoms with Gasteiger partial charge in [0.15, 0.2) is 0 Å². The van der Waals surface area contributed by atoms with Crippen LogP contribution >= 0.6 is 22.9 Å². The minimum atomic E-state index is -2.32. The van der Waals surface area contributed by atoms with E-state index in [4.69, 9.17) is 29.9 Å². The van der Waals surface area contributed by atoms with Crippen LogP contribution in [0, 0.1) is 0 Å². The third-order valence-electron chi connectivity index (χ3n) is 3.29. The molecule has 0 bridgehead atoms. The minimum absolute atomic E-state index is 0.559. The highest BCUT2D eigenvalue weighted by atomic mass is 35.5. The summed E-state index contributed by atoms with van der Waals surface area (Å²) in [6.07, 6.45) is 0.779. The van der Waals surface area contributed by atoms with Gasteiger partial charge in [-0.2, -0.15) is 0 Å². The lowest BCUT2D eigenvalue weighted by atomic mass is 10.4. The average Bonchev–Trinajstić information content (AvgIpc) is 2.93. The van der Waals surface area contributed by atoms with Crippen molar-refractivity contribution in [2.24, 2.45) is 0 Å². The van der Waals surface area contributed by atoms with Crippen molar-refractivity contribution in [2.75, 3.05) is 52.9 Å². The molecule has 0 aliphatic carbocycles. The Morgan fingerprint density at radius 1 is 1.04 bits per heavy atom. The van der Waals surface area contributed by atoms with Crippen LogP contribution in [0.4, 0.5) is 0 Å². The van der Waals surface area contributed by atoms with Crippen molar-refractivity contribution in [3.05, 3.63) is 21.3 Å². The lowest BCUT2D eigenvalue weighted by Gasteiger charge is -2.31. The number of ether oxygens (including phenoxy) is 2. The molecule has 0 aromatic carbocycles. The zero-order valence-electron chi connectivity index (χ0n) is 15.2.